The second-order valence-electron chi connectivity index (χ2n) is 6.21. The lowest BCUT2D eigenvalue weighted by atomic mass is 9.54. The minimum absolute atomic E-state index is 0.0414. The van der Waals surface area contributed by atoms with Gasteiger partial charge in [-0.05, 0) is 42.2 Å². The standard InChI is InChI=1S/C15H26N2OS/c1-5-18-13-6-15(16,14(13,3)4)10-17-7-12-9-19-8-11(12)2/h8-9,13,17H,5-7,10,16H2,1-4H3. The van der Waals surface area contributed by atoms with E-state index in [2.05, 4.69) is 36.8 Å². The van der Waals surface area contributed by atoms with Gasteiger partial charge in [-0.15, -0.1) is 0 Å². The van der Waals surface area contributed by atoms with Crippen molar-refractivity contribution in [3.05, 3.63) is 21.9 Å². The molecule has 4 heteroatoms. The number of hydrogen-bond donors (Lipinski definition) is 2. The molecule has 108 valence electrons. The molecule has 19 heavy (non-hydrogen) atoms. The minimum atomic E-state index is -0.156. The third-order valence-corrected chi connectivity index (χ3v) is 5.63. The molecule has 3 N–H and O–H groups in total. The van der Waals surface area contributed by atoms with Gasteiger partial charge in [0.25, 0.3) is 0 Å². The number of ether oxygens (including phenoxy) is 1. The molecule has 1 aromatic heterocycles. The molecule has 0 aromatic carbocycles. The highest BCUT2D eigenvalue weighted by Gasteiger charge is 2.58. The minimum Gasteiger partial charge on any atom is -0.378 e. The number of nitrogens with two attached hydrogens (primary N) is 1. The number of thiophene rings is 1. The van der Waals surface area contributed by atoms with E-state index in [0.717, 1.165) is 26.1 Å². The Hall–Kier alpha value is -0.420. The maximum absolute atomic E-state index is 6.54. The van der Waals surface area contributed by atoms with Crippen molar-refractivity contribution in [2.45, 2.75) is 52.3 Å². The highest BCUT2D eigenvalue weighted by Crippen LogP contribution is 2.49. The predicted octanol–water partition coefficient (Wildman–Crippen LogP) is 2.68. The van der Waals surface area contributed by atoms with Crippen LogP contribution in [0.5, 0.6) is 0 Å². The van der Waals surface area contributed by atoms with Crippen LogP contribution >= 0.6 is 11.3 Å². The number of hydrogen-bond acceptors (Lipinski definition) is 4. The Labute approximate surface area is 120 Å². The number of rotatable bonds is 6. The van der Waals surface area contributed by atoms with Crippen LogP contribution in [0.1, 0.15) is 38.3 Å². The summed E-state index contributed by atoms with van der Waals surface area (Å²) in [6.07, 6.45) is 1.25. The summed E-state index contributed by atoms with van der Waals surface area (Å²) in [6.45, 7) is 11.2. The van der Waals surface area contributed by atoms with Gasteiger partial charge in [-0.25, -0.2) is 0 Å². The van der Waals surface area contributed by atoms with Crippen molar-refractivity contribution in [1.29, 1.82) is 0 Å². The summed E-state index contributed by atoms with van der Waals surface area (Å²) in [7, 11) is 0. The first kappa shape index (κ1) is 15.0. The maximum atomic E-state index is 6.54. The summed E-state index contributed by atoms with van der Waals surface area (Å²) in [5.74, 6) is 0. The van der Waals surface area contributed by atoms with Crippen molar-refractivity contribution < 1.29 is 4.74 Å². The van der Waals surface area contributed by atoms with Crippen molar-refractivity contribution in [3.8, 4) is 0 Å². The van der Waals surface area contributed by atoms with E-state index in [9.17, 15) is 0 Å². The fourth-order valence-corrected chi connectivity index (χ4v) is 3.65. The molecule has 1 saturated carbocycles. The fourth-order valence-electron chi connectivity index (χ4n) is 2.80. The first-order valence-electron chi connectivity index (χ1n) is 7.03. The van der Waals surface area contributed by atoms with Crippen LogP contribution in [0, 0.1) is 12.3 Å². The molecule has 0 radical (unpaired) electrons. The second kappa shape index (κ2) is 5.52. The van der Waals surface area contributed by atoms with Crippen molar-refractivity contribution in [3.63, 3.8) is 0 Å². The predicted molar refractivity (Wildman–Crippen MR) is 81.5 cm³/mol. The maximum Gasteiger partial charge on any atom is 0.0662 e. The molecule has 0 bridgehead atoms. The monoisotopic (exact) mass is 282 g/mol. The van der Waals surface area contributed by atoms with E-state index >= 15 is 0 Å². The Morgan fingerprint density at radius 2 is 2.21 bits per heavy atom. The number of aryl methyl sites for hydroxylation is 1. The van der Waals surface area contributed by atoms with Crippen LogP contribution in [0.4, 0.5) is 0 Å². The Kier molecular flexibility index (Phi) is 4.35. The molecule has 2 atom stereocenters. The molecule has 3 nitrogen and oxygen atoms in total. The smallest absolute Gasteiger partial charge is 0.0662 e. The summed E-state index contributed by atoms with van der Waals surface area (Å²) >= 11 is 1.76. The van der Waals surface area contributed by atoms with Gasteiger partial charge < -0.3 is 15.8 Å². The summed E-state index contributed by atoms with van der Waals surface area (Å²) in [5.41, 5.74) is 9.17. The van der Waals surface area contributed by atoms with E-state index in [1.54, 1.807) is 11.3 Å². The molecule has 1 heterocycles. The van der Waals surface area contributed by atoms with Gasteiger partial charge in [0.2, 0.25) is 0 Å². The van der Waals surface area contributed by atoms with Crippen molar-refractivity contribution in [2.24, 2.45) is 11.1 Å². The lowest BCUT2D eigenvalue weighted by Crippen LogP contribution is -2.73. The van der Waals surface area contributed by atoms with Gasteiger partial charge >= 0.3 is 0 Å². The van der Waals surface area contributed by atoms with Crippen molar-refractivity contribution in [1.82, 2.24) is 5.32 Å². The Morgan fingerprint density at radius 3 is 2.74 bits per heavy atom. The molecule has 2 rings (SSSR count). The second-order valence-corrected chi connectivity index (χ2v) is 6.95. The first-order valence-corrected chi connectivity index (χ1v) is 7.98. The van der Waals surface area contributed by atoms with Gasteiger partial charge in [0.15, 0.2) is 0 Å². The van der Waals surface area contributed by atoms with E-state index in [4.69, 9.17) is 10.5 Å². The van der Waals surface area contributed by atoms with Crippen LogP contribution in [-0.2, 0) is 11.3 Å². The highest BCUT2D eigenvalue weighted by atomic mass is 32.1. The Morgan fingerprint density at radius 1 is 1.47 bits per heavy atom. The molecular formula is C15H26N2OS. The van der Waals surface area contributed by atoms with Gasteiger partial charge in [-0.1, -0.05) is 13.8 Å². The van der Waals surface area contributed by atoms with Crippen molar-refractivity contribution in [2.75, 3.05) is 13.2 Å². The largest absolute Gasteiger partial charge is 0.378 e. The lowest BCUT2D eigenvalue weighted by Gasteiger charge is -2.59. The zero-order valence-corrected chi connectivity index (χ0v) is 13.3. The van der Waals surface area contributed by atoms with Gasteiger partial charge in [0.1, 0.15) is 0 Å². The van der Waals surface area contributed by atoms with Crippen LogP contribution in [0.2, 0.25) is 0 Å². The Balaban J connectivity index is 1.85. The van der Waals surface area contributed by atoms with E-state index in [1.807, 2.05) is 6.92 Å². The normalized spacial score (nSPS) is 29.2. The quantitative estimate of drug-likeness (QED) is 0.843. The van der Waals surface area contributed by atoms with E-state index < -0.39 is 0 Å². The molecule has 1 aliphatic carbocycles. The van der Waals surface area contributed by atoms with Gasteiger partial charge in [-0.2, -0.15) is 11.3 Å². The molecule has 0 aliphatic heterocycles. The zero-order valence-electron chi connectivity index (χ0n) is 12.5. The Bertz CT molecular complexity index is 430. The van der Waals surface area contributed by atoms with Gasteiger partial charge in [0, 0.05) is 30.7 Å². The molecule has 2 unspecified atom stereocenters. The third kappa shape index (κ3) is 2.72. The molecule has 0 saturated heterocycles. The molecule has 1 aliphatic rings. The van der Waals surface area contributed by atoms with Crippen LogP contribution in [-0.4, -0.2) is 24.8 Å². The molecular weight excluding hydrogens is 256 g/mol. The topological polar surface area (TPSA) is 47.3 Å². The highest BCUT2D eigenvalue weighted by molar-refractivity contribution is 7.08. The fraction of sp³-hybridized carbons (Fsp3) is 0.733. The summed E-state index contributed by atoms with van der Waals surface area (Å²) in [5, 5.41) is 7.91. The zero-order chi connectivity index (χ0) is 14.1. The molecule has 1 aromatic rings. The summed E-state index contributed by atoms with van der Waals surface area (Å²) in [6, 6.07) is 0. The summed E-state index contributed by atoms with van der Waals surface area (Å²) in [4.78, 5) is 0. The average molecular weight is 282 g/mol. The SMILES string of the molecule is CCOC1CC(N)(CNCc2cscc2C)C1(C)C. The lowest BCUT2D eigenvalue weighted by molar-refractivity contribution is -0.148. The summed E-state index contributed by atoms with van der Waals surface area (Å²) < 4.78 is 5.75. The third-order valence-electron chi connectivity index (χ3n) is 4.72. The van der Waals surface area contributed by atoms with Crippen molar-refractivity contribution >= 4 is 11.3 Å². The van der Waals surface area contributed by atoms with Gasteiger partial charge in [0.05, 0.1) is 6.10 Å². The van der Waals surface area contributed by atoms with Crippen LogP contribution < -0.4 is 11.1 Å². The van der Waals surface area contributed by atoms with Crippen LogP contribution in [0.15, 0.2) is 10.8 Å². The van der Waals surface area contributed by atoms with Crippen LogP contribution in [0.25, 0.3) is 0 Å². The average Bonchev–Trinajstić information content (AvgIpc) is 2.75. The number of nitrogens with one attached hydrogen (secondary N) is 1. The van der Waals surface area contributed by atoms with Gasteiger partial charge in [-0.3, -0.25) is 0 Å². The van der Waals surface area contributed by atoms with E-state index in [0.29, 0.717) is 6.10 Å². The first-order chi connectivity index (χ1) is 8.90. The molecule has 1 fully saturated rings. The van der Waals surface area contributed by atoms with E-state index in [1.165, 1.54) is 11.1 Å². The van der Waals surface area contributed by atoms with Crippen LogP contribution in [0.3, 0.4) is 0 Å². The molecule has 0 amide bonds. The van der Waals surface area contributed by atoms with E-state index in [-0.39, 0.29) is 11.0 Å². The molecule has 0 spiro atoms.